The topological polar surface area (TPSA) is 59.4 Å². The molecule has 0 aliphatic heterocycles. The number of hydrogen-bond acceptors (Lipinski definition) is 3. The summed E-state index contributed by atoms with van der Waals surface area (Å²) in [5.74, 6) is -2.29. The van der Waals surface area contributed by atoms with Crippen molar-refractivity contribution in [1.82, 2.24) is 4.98 Å². The molecule has 0 saturated heterocycles. The zero-order valence-electron chi connectivity index (χ0n) is 8.53. The van der Waals surface area contributed by atoms with E-state index in [2.05, 4.69) is 4.98 Å². The van der Waals surface area contributed by atoms with Gasteiger partial charge in [-0.1, -0.05) is 13.8 Å². The molecule has 0 amide bonds. The molecule has 0 atom stereocenters. The van der Waals surface area contributed by atoms with Crippen molar-refractivity contribution >= 4 is 5.97 Å². The zero-order valence-corrected chi connectivity index (χ0v) is 8.53. The van der Waals surface area contributed by atoms with E-state index in [1.807, 2.05) is 13.8 Å². The van der Waals surface area contributed by atoms with Crippen LogP contribution in [0.25, 0.3) is 0 Å². The van der Waals surface area contributed by atoms with Crippen LogP contribution in [0.4, 0.5) is 4.39 Å². The first-order valence-electron chi connectivity index (χ1n) is 4.53. The highest BCUT2D eigenvalue weighted by atomic mass is 19.1. The van der Waals surface area contributed by atoms with E-state index >= 15 is 0 Å². The smallest absolute Gasteiger partial charge is 0.338 e. The first-order chi connectivity index (χ1) is 7.02. The van der Waals surface area contributed by atoms with Crippen LogP contribution in [0.15, 0.2) is 12.3 Å². The van der Waals surface area contributed by atoms with Crippen LogP contribution in [0.1, 0.15) is 24.2 Å². The summed E-state index contributed by atoms with van der Waals surface area (Å²) in [6.07, 6.45) is 1.21. The highest BCUT2D eigenvalue weighted by molar-refractivity contribution is 5.88. The van der Waals surface area contributed by atoms with E-state index < -0.39 is 17.3 Å². The lowest BCUT2D eigenvalue weighted by atomic mass is 10.2. The Labute approximate surface area is 86.7 Å². The summed E-state index contributed by atoms with van der Waals surface area (Å²) in [6.45, 7) is 4.10. The summed E-state index contributed by atoms with van der Waals surface area (Å²) in [5.41, 5.74) is -0.427. The van der Waals surface area contributed by atoms with Crippen LogP contribution in [0.5, 0.6) is 5.88 Å². The van der Waals surface area contributed by atoms with Gasteiger partial charge in [0.25, 0.3) is 5.88 Å². The van der Waals surface area contributed by atoms with Crippen LogP contribution < -0.4 is 4.74 Å². The monoisotopic (exact) mass is 213 g/mol. The third-order valence-corrected chi connectivity index (χ3v) is 1.64. The lowest BCUT2D eigenvalue weighted by Gasteiger charge is -2.08. The second-order valence-corrected chi connectivity index (χ2v) is 3.49. The Morgan fingerprint density at radius 2 is 2.33 bits per heavy atom. The molecule has 1 aromatic heterocycles. The third-order valence-electron chi connectivity index (χ3n) is 1.64. The Hall–Kier alpha value is -1.65. The number of ether oxygens (including phenoxy) is 1. The Kier molecular flexibility index (Phi) is 3.60. The largest absolute Gasteiger partial charge is 0.478 e. The predicted molar refractivity (Wildman–Crippen MR) is 51.5 cm³/mol. The summed E-state index contributed by atoms with van der Waals surface area (Å²) in [6, 6.07) is 1.10. The third kappa shape index (κ3) is 2.90. The van der Waals surface area contributed by atoms with E-state index in [9.17, 15) is 9.18 Å². The van der Waals surface area contributed by atoms with Crippen molar-refractivity contribution in [1.29, 1.82) is 0 Å². The van der Waals surface area contributed by atoms with Gasteiger partial charge in [0.1, 0.15) is 5.56 Å². The minimum absolute atomic E-state index is 0.222. The van der Waals surface area contributed by atoms with Gasteiger partial charge in [-0.3, -0.25) is 0 Å². The maximum atomic E-state index is 13.4. The Morgan fingerprint density at radius 3 is 2.87 bits per heavy atom. The minimum atomic E-state index is -1.33. The second-order valence-electron chi connectivity index (χ2n) is 3.49. The number of aromatic nitrogens is 1. The van der Waals surface area contributed by atoms with Gasteiger partial charge in [-0.05, 0) is 12.0 Å². The van der Waals surface area contributed by atoms with Crippen LogP contribution >= 0.6 is 0 Å². The van der Waals surface area contributed by atoms with Gasteiger partial charge in [0.05, 0.1) is 6.61 Å². The maximum absolute atomic E-state index is 13.4. The van der Waals surface area contributed by atoms with Gasteiger partial charge < -0.3 is 9.84 Å². The highest BCUT2D eigenvalue weighted by Gasteiger charge is 2.16. The molecule has 1 heterocycles. The molecule has 4 nitrogen and oxygen atoms in total. The first-order valence-corrected chi connectivity index (χ1v) is 4.53. The number of carbonyl (C=O) groups is 1. The van der Waals surface area contributed by atoms with Crippen LogP contribution in [0.2, 0.25) is 0 Å². The molecule has 1 N–H and O–H groups in total. The number of aromatic carboxylic acids is 1. The number of halogens is 1. The summed E-state index contributed by atoms with van der Waals surface area (Å²) < 4.78 is 18.4. The van der Waals surface area contributed by atoms with Crippen LogP contribution in [-0.2, 0) is 0 Å². The Balaban J connectivity index is 2.89. The molecule has 0 fully saturated rings. The van der Waals surface area contributed by atoms with Crippen molar-refractivity contribution in [2.75, 3.05) is 6.61 Å². The zero-order chi connectivity index (χ0) is 11.4. The molecule has 0 radical (unpaired) electrons. The fourth-order valence-corrected chi connectivity index (χ4v) is 0.936. The van der Waals surface area contributed by atoms with Crippen molar-refractivity contribution in [2.45, 2.75) is 13.8 Å². The van der Waals surface area contributed by atoms with Gasteiger partial charge in [-0.2, -0.15) is 0 Å². The molecular formula is C10H12FNO3. The van der Waals surface area contributed by atoms with E-state index in [0.29, 0.717) is 6.61 Å². The van der Waals surface area contributed by atoms with Crippen LogP contribution in [0, 0.1) is 11.7 Å². The van der Waals surface area contributed by atoms with Gasteiger partial charge in [0.2, 0.25) is 0 Å². The fraction of sp³-hybridized carbons (Fsp3) is 0.400. The van der Waals surface area contributed by atoms with E-state index in [4.69, 9.17) is 9.84 Å². The number of nitrogens with zero attached hydrogens (tertiary/aromatic N) is 1. The molecule has 1 rings (SSSR count). The Bertz CT molecular complexity index is 366. The minimum Gasteiger partial charge on any atom is -0.478 e. The molecule has 5 heteroatoms. The van der Waals surface area contributed by atoms with Crippen LogP contribution in [0.3, 0.4) is 0 Å². The predicted octanol–water partition coefficient (Wildman–Crippen LogP) is 1.95. The molecule has 0 bridgehead atoms. The van der Waals surface area contributed by atoms with Gasteiger partial charge in [-0.15, -0.1) is 0 Å². The summed E-state index contributed by atoms with van der Waals surface area (Å²) >= 11 is 0. The fourth-order valence-electron chi connectivity index (χ4n) is 0.936. The van der Waals surface area contributed by atoms with Crippen molar-refractivity contribution in [3.8, 4) is 5.88 Å². The van der Waals surface area contributed by atoms with Gasteiger partial charge in [-0.25, -0.2) is 14.2 Å². The molecule has 15 heavy (non-hydrogen) atoms. The molecular weight excluding hydrogens is 201 g/mol. The van der Waals surface area contributed by atoms with Crippen molar-refractivity contribution in [3.63, 3.8) is 0 Å². The van der Waals surface area contributed by atoms with Crippen molar-refractivity contribution < 1.29 is 19.0 Å². The summed E-state index contributed by atoms with van der Waals surface area (Å²) in [7, 11) is 0. The quantitative estimate of drug-likeness (QED) is 0.830. The molecule has 82 valence electrons. The number of rotatable bonds is 4. The molecule has 0 aliphatic carbocycles. The molecule has 0 unspecified atom stereocenters. The van der Waals surface area contributed by atoms with E-state index in [1.165, 1.54) is 6.20 Å². The molecule has 1 aromatic rings. The van der Waals surface area contributed by atoms with E-state index in [1.54, 1.807) is 0 Å². The maximum Gasteiger partial charge on any atom is 0.338 e. The second kappa shape index (κ2) is 4.72. The van der Waals surface area contributed by atoms with Gasteiger partial charge in [0, 0.05) is 6.20 Å². The molecule has 0 aliphatic rings. The Morgan fingerprint density at radius 1 is 1.67 bits per heavy atom. The van der Waals surface area contributed by atoms with Crippen LogP contribution in [-0.4, -0.2) is 22.7 Å². The van der Waals surface area contributed by atoms with E-state index in [0.717, 1.165) is 6.07 Å². The van der Waals surface area contributed by atoms with Crippen molar-refractivity contribution in [3.05, 3.63) is 23.6 Å². The standard InChI is InChI=1S/C10H12FNO3/c1-6(2)5-15-9-8(11)7(10(13)14)3-4-12-9/h3-4,6H,5H2,1-2H3,(H,13,14). The average Bonchev–Trinajstić information content (AvgIpc) is 2.15. The first kappa shape index (κ1) is 11.4. The van der Waals surface area contributed by atoms with Crippen molar-refractivity contribution in [2.24, 2.45) is 5.92 Å². The summed E-state index contributed by atoms with van der Waals surface area (Å²) in [4.78, 5) is 14.2. The molecule has 0 aromatic carbocycles. The average molecular weight is 213 g/mol. The van der Waals surface area contributed by atoms with Gasteiger partial charge in [0.15, 0.2) is 5.82 Å². The number of hydrogen-bond donors (Lipinski definition) is 1. The number of carboxylic acids is 1. The normalized spacial score (nSPS) is 10.4. The lowest BCUT2D eigenvalue weighted by molar-refractivity contribution is 0.0690. The molecule has 0 saturated carbocycles. The molecule has 0 spiro atoms. The lowest BCUT2D eigenvalue weighted by Crippen LogP contribution is -2.09. The van der Waals surface area contributed by atoms with E-state index in [-0.39, 0.29) is 11.8 Å². The number of carboxylic acid groups (broad SMARTS) is 1. The SMILES string of the molecule is CC(C)COc1nccc(C(=O)O)c1F. The van der Waals surface area contributed by atoms with Gasteiger partial charge >= 0.3 is 5.97 Å². The summed E-state index contributed by atoms with van der Waals surface area (Å²) in [5, 5.41) is 8.64. The highest BCUT2D eigenvalue weighted by Crippen LogP contribution is 2.17. The number of pyridine rings is 1.